The molecule has 2 aromatic rings. The number of amides is 3. The van der Waals surface area contributed by atoms with Crippen molar-refractivity contribution in [2.75, 3.05) is 11.9 Å². The largest absolute Gasteiger partial charge is 0.349 e. The molecule has 0 unspecified atom stereocenters. The van der Waals surface area contributed by atoms with Crippen molar-refractivity contribution in [2.45, 2.75) is 38.1 Å². The molecule has 2 aliphatic rings. The molecule has 154 valence electrons. The van der Waals surface area contributed by atoms with Crippen LogP contribution in [0.3, 0.4) is 0 Å². The smallest absolute Gasteiger partial charge is 0.251 e. The number of hydrogen-bond acceptors (Lipinski definition) is 4. The maximum atomic E-state index is 12.4. The molecular formula is C23H24N4O3. The van der Waals surface area contributed by atoms with Crippen molar-refractivity contribution in [1.82, 2.24) is 10.3 Å². The van der Waals surface area contributed by atoms with Gasteiger partial charge in [-0.2, -0.15) is 5.10 Å². The minimum atomic E-state index is -0.245. The van der Waals surface area contributed by atoms with Gasteiger partial charge in [0, 0.05) is 36.6 Å². The molecule has 1 fully saturated rings. The second-order valence-electron chi connectivity index (χ2n) is 7.55. The van der Waals surface area contributed by atoms with E-state index >= 15 is 0 Å². The molecule has 0 bridgehead atoms. The molecule has 0 radical (unpaired) electrons. The Kier molecular flexibility index (Phi) is 5.88. The number of nitrogens with zero attached hydrogens (tertiary/aromatic N) is 2. The van der Waals surface area contributed by atoms with Crippen LogP contribution < -0.4 is 10.6 Å². The summed E-state index contributed by atoms with van der Waals surface area (Å²) in [5.74, 6) is -0.504. The predicted molar refractivity (Wildman–Crippen MR) is 114 cm³/mol. The van der Waals surface area contributed by atoms with Crippen molar-refractivity contribution < 1.29 is 14.4 Å². The first-order valence-corrected chi connectivity index (χ1v) is 10.2. The summed E-state index contributed by atoms with van der Waals surface area (Å²) in [6.07, 6.45) is 2.96. The average molecular weight is 404 g/mol. The number of carbonyl (C=O) groups is 3. The average Bonchev–Trinajstić information content (AvgIpc) is 3.44. The zero-order valence-corrected chi connectivity index (χ0v) is 16.6. The molecule has 1 aliphatic heterocycles. The van der Waals surface area contributed by atoms with E-state index in [1.165, 1.54) is 5.01 Å². The van der Waals surface area contributed by atoms with E-state index in [2.05, 4.69) is 15.7 Å². The zero-order valence-electron chi connectivity index (χ0n) is 16.6. The van der Waals surface area contributed by atoms with Crippen molar-refractivity contribution in [3.05, 3.63) is 65.7 Å². The topological polar surface area (TPSA) is 90.9 Å². The van der Waals surface area contributed by atoms with Gasteiger partial charge in [-0.05, 0) is 42.7 Å². The van der Waals surface area contributed by atoms with Crippen LogP contribution in [0.1, 0.15) is 48.0 Å². The van der Waals surface area contributed by atoms with Gasteiger partial charge in [-0.1, -0.05) is 30.3 Å². The molecule has 1 saturated carbocycles. The number of hydrazone groups is 1. The van der Waals surface area contributed by atoms with Gasteiger partial charge in [0.15, 0.2) is 0 Å². The SMILES string of the molecule is O=C(CCC(=O)N1CCC(c2ccccc2)=N1)Nc1ccc(C(=O)NC2CC2)cc1. The van der Waals surface area contributed by atoms with Crippen molar-refractivity contribution in [3.8, 4) is 0 Å². The van der Waals surface area contributed by atoms with Gasteiger partial charge in [-0.25, -0.2) is 5.01 Å². The molecule has 4 rings (SSSR count). The van der Waals surface area contributed by atoms with E-state index in [1.54, 1.807) is 24.3 Å². The lowest BCUT2D eigenvalue weighted by Crippen LogP contribution is -2.25. The third-order valence-corrected chi connectivity index (χ3v) is 5.11. The molecule has 0 aromatic heterocycles. The maximum absolute atomic E-state index is 12.4. The molecular weight excluding hydrogens is 380 g/mol. The molecule has 30 heavy (non-hydrogen) atoms. The van der Waals surface area contributed by atoms with Crippen LogP contribution in [0.2, 0.25) is 0 Å². The van der Waals surface area contributed by atoms with Gasteiger partial charge >= 0.3 is 0 Å². The van der Waals surface area contributed by atoms with Crippen molar-refractivity contribution >= 4 is 29.1 Å². The van der Waals surface area contributed by atoms with Crippen LogP contribution in [0.25, 0.3) is 0 Å². The van der Waals surface area contributed by atoms with E-state index in [-0.39, 0.29) is 30.6 Å². The summed E-state index contributed by atoms with van der Waals surface area (Å²) in [5, 5.41) is 11.5. The van der Waals surface area contributed by atoms with Crippen LogP contribution in [0, 0.1) is 0 Å². The van der Waals surface area contributed by atoms with Crippen LogP contribution in [-0.2, 0) is 9.59 Å². The highest BCUT2D eigenvalue weighted by molar-refractivity contribution is 6.03. The van der Waals surface area contributed by atoms with Crippen LogP contribution in [-0.4, -0.2) is 41.0 Å². The molecule has 7 nitrogen and oxygen atoms in total. The third-order valence-electron chi connectivity index (χ3n) is 5.11. The lowest BCUT2D eigenvalue weighted by atomic mass is 10.1. The molecule has 1 heterocycles. The minimum absolute atomic E-state index is 0.0788. The van der Waals surface area contributed by atoms with Crippen molar-refractivity contribution in [3.63, 3.8) is 0 Å². The van der Waals surface area contributed by atoms with Crippen LogP contribution >= 0.6 is 0 Å². The van der Waals surface area contributed by atoms with Gasteiger partial charge < -0.3 is 10.6 Å². The summed E-state index contributed by atoms with van der Waals surface area (Å²) in [6.45, 7) is 0.537. The zero-order chi connectivity index (χ0) is 20.9. The van der Waals surface area contributed by atoms with E-state index in [9.17, 15) is 14.4 Å². The minimum Gasteiger partial charge on any atom is -0.349 e. The number of carbonyl (C=O) groups excluding carboxylic acids is 3. The Morgan fingerprint density at radius 3 is 2.40 bits per heavy atom. The van der Waals surface area contributed by atoms with Crippen LogP contribution in [0.5, 0.6) is 0 Å². The summed E-state index contributed by atoms with van der Waals surface area (Å²) in [5.41, 5.74) is 3.07. The molecule has 7 heteroatoms. The van der Waals surface area contributed by atoms with Crippen molar-refractivity contribution in [2.24, 2.45) is 5.10 Å². The monoisotopic (exact) mass is 404 g/mol. The first-order valence-electron chi connectivity index (χ1n) is 10.2. The van der Waals surface area contributed by atoms with E-state index in [4.69, 9.17) is 0 Å². The first kappa shape index (κ1) is 19.8. The van der Waals surface area contributed by atoms with Crippen molar-refractivity contribution in [1.29, 1.82) is 0 Å². The predicted octanol–water partition coefficient (Wildman–Crippen LogP) is 2.93. The first-order chi connectivity index (χ1) is 14.6. The Labute approximate surface area is 175 Å². The standard InChI is InChI=1S/C23H24N4O3/c28-21(24-18-8-6-17(7-9-18)23(30)25-19-10-11-19)12-13-22(29)27-15-14-20(26-27)16-4-2-1-3-5-16/h1-9,19H,10-15H2,(H,24,28)(H,25,30). The number of hydrogen-bond donors (Lipinski definition) is 2. The van der Waals surface area contributed by atoms with Gasteiger partial charge in [-0.15, -0.1) is 0 Å². The number of anilines is 1. The lowest BCUT2D eigenvalue weighted by Gasteiger charge is -2.11. The van der Waals surface area contributed by atoms with E-state index < -0.39 is 0 Å². The molecule has 2 N–H and O–H groups in total. The van der Waals surface area contributed by atoms with Crippen LogP contribution in [0.4, 0.5) is 5.69 Å². The van der Waals surface area contributed by atoms with E-state index in [1.807, 2.05) is 30.3 Å². The molecule has 0 spiro atoms. The second-order valence-corrected chi connectivity index (χ2v) is 7.55. The van der Waals surface area contributed by atoms with Gasteiger partial charge in [0.25, 0.3) is 5.91 Å². The Morgan fingerprint density at radius 2 is 1.70 bits per heavy atom. The highest BCUT2D eigenvalue weighted by atomic mass is 16.2. The van der Waals surface area contributed by atoms with Crippen LogP contribution in [0.15, 0.2) is 59.7 Å². The molecule has 2 aromatic carbocycles. The Morgan fingerprint density at radius 1 is 0.967 bits per heavy atom. The highest BCUT2D eigenvalue weighted by Gasteiger charge is 2.24. The maximum Gasteiger partial charge on any atom is 0.251 e. The third kappa shape index (κ3) is 5.11. The number of benzene rings is 2. The van der Waals surface area contributed by atoms with Gasteiger partial charge in [-0.3, -0.25) is 14.4 Å². The summed E-state index contributed by atoms with van der Waals surface area (Å²) in [4.78, 5) is 36.6. The summed E-state index contributed by atoms with van der Waals surface area (Å²) in [6, 6.07) is 16.8. The van der Waals surface area contributed by atoms with E-state index in [0.717, 1.165) is 24.1 Å². The molecule has 3 amide bonds. The van der Waals surface area contributed by atoms with Gasteiger partial charge in [0.05, 0.1) is 12.3 Å². The fraction of sp³-hybridized carbons (Fsp3) is 0.304. The van der Waals surface area contributed by atoms with Gasteiger partial charge in [0.2, 0.25) is 11.8 Å². The summed E-state index contributed by atoms with van der Waals surface area (Å²) < 4.78 is 0. The Hall–Kier alpha value is -3.48. The van der Waals surface area contributed by atoms with E-state index in [0.29, 0.717) is 30.3 Å². The molecule has 0 atom stereocenters. The highest BCUT2D eigenvalue weighted by Crippen LogP contribution is 2.20. The number of nitrogens with one attached hydrogen (secondary N) is 2. The fourth-order valence-electron chi connectivity index (χ4n) is 3.24. The number of rotatable bonds is 7. The lowest BCUT2D eigenvalue weighted by molar-refractivity contribution is -0.132. The van der Waals surface area contributed by atoms with Gasteiger partial charge in [0.1, 0.15) is 0 Å². The second kappa shape index (κ2) is 8.90. The molecule has 0 saturated heterocycles. The summed E-state index contributed by atoms with van der Waals surface area (Å²) in [7, 11) is 0. The Balaban J connectivity index is 1.24. The molecule has 1 aliphatic carbocycles. The fourth-order valence-corrected chi connectivity index (χ4v) is 3.24. The normalized spacial score (nSPS) is 15.5. The summed E-state index contributed by atoms with van der Waals surface area (Å²) >= 11 is 0. The quantitative estimate of drug-likeness (QED) is 0.743. The Bertz CT molecular complexity index is 966.